The van der Waals surface area contributed by atoms with Gasteiger partial charge in [-0.3, -0.25) is 0 Å². The molecule has 0 bridgehead atoms. The fourth-order valence-electron chi connectivity index (χ4n) is 5.18. The number of likely N-dealkylation sites (N-methyl/N-ethyl adjacent to an activating group) is 1. The number of carbonyl (C=O) groups excluding carboxylic acids is 1. The van der Waals surface area contributed by atoms with Crippen molar-refractivity contribution < 1.29 is 85.9 Å². The van der Waals surface area contributed by atoms with Gasteiger partial charge in [-0.1, -0.05) is 6.42 Å². The Morgan fingerprint density at radius 3 is 1.51 bits per heavy atom. The van der Waals surface area contributed by atoms with Crippen molar-refractivity contribution in [2.45, 2.75) is 69.0 Å². The van der Waals surface area contributed by atoms with E-state index in [9.17, 15) is 57.5 Å². The summed E-state index contributed by atoms with van der Waals surface area (Å²) in [5.41, 5.74) is -7.28. The van der Waals surface area contributed by atoms with Gasteiger partial charge in [0, 0.05) is 17.7 Å². The first kappa shape index (κ1) is 36.8. The topological polar surface area (TPSA) is 41.1 Å². The second-order valence-corrected chi connectivity index (χ2v) is 10.7. The maximum Gasteiger partial charge on any atom is 0.416 e. The van der Waals surface area contributed by atoms with Gasteiger partial charge in [-0.25, -0.2) is 4.79 Å². The summed E-state index contributed by atoms with van der Waals surface area (Å²) < 4.78 is 159. The van der Waals surface area contributed by atoms with Crippen LogP contribution < -0.4 is 34.6 Å². The predicted molar refractivity (Wildman–Crippen MR) is 127 cm³/mol. The first-order valence-electron chi connectivity index (χ1n) is 12.4. The Labute approximate surface area is 255 Å². The molecule has 0 aromatic heterocycles. The second kappa shape index (κ2) is 12.9. The molecule has 0 spiro atoms. The highest BCUT2D eigenvalue weighted by Crippen LogP contribution is 2.39. The van der Waals surface area contributed by atoms with Crippen LogP contribution in [-0.4, -0.2) is 36.7 Å². The molecule has 0 radical (unpaired) electrons. The summed E-state index contributed by atoms with van der Waals surface area (Å²) in [7, 11) is 3.08. The van der Waals surface area contributed by atoms with Crippen molar-refractivity contribution in [3.05, 3.63) is 64.2 Å². The van der Waals surface area contributed by atoms with Crippen LogP contribution in [0.2, 0.25) is 0 Å². The lowest BCUT2D eigenvalue weighted by atomic mass is 9.87. The molecule has 1 aliphatic carbocycles. The number of halogens is 13. The minimum absolute atomic E-state index is 0. The number of urea groups is 1. The van der Waals surface area contributed by atoms with E-state index in [0.717, 1.165) is 0 Å². The monoisotopic (exact) mass is 751 g/mol. The SMILES string of the molecule is C[N+](C)(Cc1cc(C(F)(F)F)cc(C(F)(F)F)c1)[C@@H]1CCCC[C@H]1NC(=O)Nc1cc(C(F)(F)F)cc(C(F)(F)F)c1.[I-]. The van der Waals surface area contributed by atoms with Gasteiger partial charge in [-0.05, 0) is 49.2 Å². The molecule has 0 heterocycles. The molecule has 0 saturated heterocycles. The molecule has 2 atom stereocenters. The number of carbonyl (C=O) groups is 1. The molecule has 0 unspecified atom stereocenters. The van der Waals surface area contributed by atoms with Crippen molar-refractivity contribution in [3.63, 3.8) is 0 Å². The Bertz CT molecular complexity index is 1220. The van der Waals surface area contributed by atoms with Crippen LogP contribution in [0.15, 0.2) is 36.4 Å². The maximum absolute atomic E-state index is 13.3. The van der Waals surface area contributed by atoms with E-state index in [0.29, 0.717) is 49.9 Å². The van der Waals surface area contributed by atoms with Crippen molar-refractivity contribution >= 4 is 11.7 Å². The smallest absolute Gasteiger partial charge is 0.416 e. The molecule has 1 aliphatic rings. The van der Waals surface area contributed by atoms with Crippen molar-refractivity contribution in [3.8, 4) is 0 Å². The highest BCUT2D eigenvalue weighted by molar-refractivity contribution is 5.89. The van der Waals surface area contributed by atoms with Gasteiger partial charge in [0.15, 0.2) is 0 Å². The zero-order valence-electron chi connectivity index (χ0n) is 22.4. The number of anilines is 1. The van der Waals surface area contributed by atoms with Crippen LogP contribution in [0, 0.1) is 0 Å². The molecule has 2 aromatic carbocycles. The number of amides is 2. The Balaban J connectivity index is 0.00000645. The number of rotatable bonds is 5. The molecule has 242 valence electrons. The van der Waals surface area contributed by atoms with Crippen LogP contribution >= 0.6 is 0 Å². The van der Waals surface area contributed by atoms with Crippen molar-refractivity contribution in [2.24, 2.45) is 0 Å². The summed E-state index contributed by atoms with van der Waals surface area (Å²) in [5.74, 6) is 0. The molecular weight excluding hydrogens is 725 g/mol. The first-order valence-corrected chi connectivity index (χ1v) is 12.4. The van der Waals surface area contributed by atoms with Gasteiger partial charge in [0.1, 0.15) is 12.6 Å². The first-order chi connectivity index (χ1) is 19.0. The number of alkyl halides is 12. The fraction of sp³-hybridized carbons (Fsp3) is 0.500. The van der Waals surface area contributed by atoms with Gasteiger partial charge in [0.2, 0.25) is 0 Å². The van der Waals surface area contributed by atoms with Crippen molar-refractivity contribution in [1.29, 1.82) is 0 Å². The molecule has 17 heteroatoms. The summed E-state index contributed by atoms with van der Waals surface area (Å²) in [4.78, 5) is 12.7. The number of hydrogen-bond donors (Lipinski definition) is 2. The largest absolute Gasteiger partial charge is 1.00 e. The van der Waals surface area contributed by atoms with E-state index < -0.39 is 70.8 Å². The van der Waals surface area contributed by atoms with Crippen LogP contribution in [0.1, 0.15) is 53.5 Å². The van der Waals surface area contributed by atoms with Gasteiger partial charge in [0.05, 0.1) is 42.4 Å². The lowest BCUT2D eigenvalue weighted by Crippen LogP contribution is -3.00. The number of nitrogens with zero attached hydrogens (tertiary/aromatic N) is 1. The maximum atomic E-state index is 13.3. The number of benzene rings is 2. The molecule has 4 nitrogen and oxygen atoms in total. The number of hydrogen-bond acceptors (Lipinski definition) is 1. The summed E-state index contributed by atoms with van der Waals surface area (Å²) in [6.07, 6.45) is -18.5. The summed E-state index contributed by atoms with van der Waals surface area (Å²) in [6, 6.07) is -0.654. The standard InChI is InChI=1S/C26H25F12N3O.HI/c1-41(2,13-14-7-15(23(27,28)29)9-16(8-14)24(30,31)32)21-6-4-3-5-20(21)40-22(42)39-19-11-17(25(33,34)35)10-18(12-19)26(36,37)38;/h7-12,20-21H,3-6,13H2,1-2H3,(H-,39,40,42);1H/t20-,21-;/m1./s1. The second-order valence-electron chi connectivity index (χ2n) is 10.7. The summed E-state index contributed by atoms with van der Waals surface area (Å²) in [6.45, 7) is -0.306. The Morgan fingerprint density at radius 1 is 0.698 bits per heavy atom. The van der Waals surface area contributed by atoms with Crippen LogP contribution in [0.3, 0.4) is 0 Å². The quantitative estimate of drug-likeness (QED) is 0.238. The average molecular weight is 751 g/mol. The third-order valence-corrected chi connectivity index (χ3v) is 7.03. The van der Waals surface area contributed by atoms with Gasteiger partial charge in [-0.2, -0.15) is 52.7 Å². The Hall–Kier alpha value is -2.44. The van der Waals surface area contributed by atoms with Crippen molar-refractivity contribution in [1.82, 2.24) is 5.32 Å². The Morgan fingerprint density at radius 2 is 1.09 bits per heavy atom. The van der Waals surface area contributed by atoms with Crippen molar-refractivity contribution in [2.75, 3.05) is 19.4 Å². The molecule has 3 rings (SSSR count). The van der Waals surface area contributed by atoms with E-state index in [-0.39, 0.29) is 52.7 Å². The van der Waals surface area contributed by atoms with Crippen LogP contribution in [-0.2, 0) is 31.2 Å². The average Bonchev–Trinajstić information content (AvgIpc) is 2.81. The molecule has 1 fully saturated rings. The molecule has 0 aliphatic heterocycles. The minimum atomic E-state index is -5.14. The number of nitrogens with one attached hydrogen (secondary N) is 2. The molecule has 1 saturated carbocycles. The van der Waals surface area contributed by atoms with E-state index in [1.165, 1.54) is 0 Å². The van der Waals surface area contributed by atoms with E-state index in [1.54, 1.807) is 14.1 Å². The molecule has 43 heavy (non-hydrogen) atoms. The highest BCUT2D eigenvalue weighted by atomic mass is 127. The van der Waals surface area contributed by atoms with E-state index in [1.807, 2.05) is 5.32 Å². The zero-order chi connectivity index (χ0) is 31.9. The van der Waals surface area contributed by atoms with Crippen LogP contribution in [0.25, 0.3) is 0 Å². The fourth-order valence-corrected chi connectivity index (χ4v) is 5.18. The van der Waals surface area contributed by atoms with E-state index in [4.69, 9.17) is 0 Å². The van der Waals surface area contributed by atoms with Gasteiger partial charge in [0.25, 0.3) is 0 Å². The van der Waals surface area contributed by atoms with Crippen LogP contribution in [0.4, 0.5) is 63.2 Å². The Kier molecular flexibility index (Phi) is 11.0. The highest BCUT2D eigenvalue weighted by Gasteiger charge is 2.42. The summed E-state index contributed by atoms with van der Waals surface area (Å²) in [5, 5.41) is 4.49. The molecule has 2 aromatic rings. The predicted octanol–water partition coefficient (Wildman–Crippen LogP) is 5.48. The van der Waals surface area contributed by atoms with Gasteiger partial charge >= 0.3 is 30.7 Å². The third kappa shape index (κ3) is 9.78. The third-order valence-electron chi connectivity index (χ3n) is 7.03. The van der Waals surface area contributed by atoms with E-state index in [2.05, 4.69) is 5.32 Å². The minimum Gasteiger partial charge on any atom is -1.00 e. The summed E-state index contributed by atoms with van der Waals surface area (Å²) >= 11 is 0. The van der Waals surface area contributed by atoms with Crippen LogP contribution in [0.5, 0.6) is 0 Å². The van der Waals surface area contributed by atoms with E-state index >= 15 is 0 Å². The molecular formula is C26H26F12IN3O. The lowest BCUT2D eigenvalue weighted by molar-refractivity contribution is -0.930. The normalized spacial score (nSPS) is 18.6. The molecule has 2 amide bonds. The van der Waals surface area contributed by atoms with Gasteiger partial charge < -0.3 is 39.1 Å². The molecule has 2 N–H and O–H groups in total. The number of quaternary nitrogens is 1. The zero-order valence-corrected chi connectivity index (χ0v) is 24.6. The van der Waals surface area contributed by atoms with Gasteiger partial charge in [-0.15, -0.1) is 0 Å². The lowest BCUT2D eigenvalue weighted by Gasteiger charge is -2.44.